The number of hydrogen-bond acceptors (Lipinski definition) is 7. The average molecular weight is 684 g/mol. The fraction of sp³-hybridized carbons (Fsp3) is 0.600. The first-order valence-electron chi connectivity index (χ1n) is 18.5. The number of rotatable bonds is 8. The monoisotopic (exact) mass is 683 g/mol. The second-order valence-corrected chi connectivity index (χ2v) is 16.6. The molecule has 1 aliphatic heterocycles. The van der Waals surface area contributed by atoms with Crippen molar-refractivity contribution in [2.45, 2.75) is 115 Å². The average Bonchev–Trinajstić information content (AvgIpc) is 3.62. The summed E-state index contributed by atoms with van der Waals surface area (Å²) in [5.41, 5.74) is 5.47. The number of aromatic nitrogens is 3. The highest BCUT2D eigenvalue weighted by molar-refractivity contribution is 5.95. The molecule has 2 aromatic heterocycles. The quantitative estimate of drug-likeness (QED) is 0.272. The van der Waals surface area contributed by atoms with Crippen LogP contribution in [0.5, 0.6) is 5.75 Å². The van der Waals surface area contributed by atoms with E-state index in [1.54, 1.807) is 7.11 Å². The van der Waals surface area contributed by atoms with Gasteiger partial charge in [-0.2, -0.15) is 5.10 Å². The van der Waals surface area contributed by atoms with Crippen LogP contribution in [0.15, 0.2) is 49.1 Å². The van der Waals surface area contributed by atoms with Gasteiger partial charge in [0, 0.05) is 36.0 Å². The van der Waals surface area contributed by atoms with Gasteiger partial charge in [-0.25, -0.2) is 4.79 Å². The summed E-state index contributed by atoms with van der Waals surface area (Å²) in [6.45, 7) is 9.85. The molecule has 2 amide bonds. The summed E-state index contributed by atoms with van der Waals surface area (Å²) in [7, 11) is 1.73. The zero-order valence-corrected chi connectivity index (χ0v) is 30.4. The van der Waals surface area contributed by atoms with Crippen molar-refractivity contribution in [3.05, 3.63) is 60.2 Å². The Labute approximate surface area is 296 Å². The van der Waals surface area contributed by atoms with E-state index in [1.165, 1.54) is 16.0 Å². The highest BCUT2D eigenvalue weighted by Gasteiger charge is 2.51. The molecule has 5 aliphatic rings. The maximum atomic E-state index is 14.7. The van der Waals surface area contributed by atoms with Crippen molar-refractivity contribution in [3.63, 3.8) is 0 Å². The third-order valence-corrected chi connectivity index (χ3v) is 12.2. The number of aliphatic hydroxyl groups is 1. The number of likely N-dealkylation sites (tertiary alicyclic amines) is 1. The maximum Gasteiger partial charge on any atom is 0.410 e. The molecule has 3 heterocycles. The van der Waals surface area contributed by atoms with E-state index in [0.717, 1.165) is 61.1 Å². The molecule has 0 unspecified atom stereocenters. The number of ether oxygens (including phenoxy) is 2. The van der Waals surface area contributed by atoms with Crippen LogP contribution < -0.4 is 9.64 Å². The number of pyridine rings is 1. The van der Waals surface area contributed by atoms with E-state index >= 15 is 0 Å². The van der Waals surface area contributed by atoms with Crippen molar-refractivity contribution in [2.75, 3.05) is 31.6 Å². The molecular weight excluding hydrogens is 630 g/mol. The molecule has 2 bridgehead atoms. The molecule has 1 N–H and O–H groups in total. The Balaban J connectivity index is 1.10. The van der Waals surface area contributed by atoms with E-state index in [-0.39, 0.29) is 40.4 Å². The van der Waals surface area contributed by atoms with E-state index in [2.05, 4.69) is 73.1 Å². The zero-order valence-electron chi connectivity index (χ0n) is 30.4. The third-order valence-electron chi connectivity index (χ3n) is 12.2. The number of benzene rings is 1. The van der Waals surface area contributed by atoms with Gasteiger partial charge < -0.3 is 24.4 Å². The fourth-order valence-electron chi connectivity index (χ4n) is 8.82. The number of amides is 2. The number of anilines is 1. The van der Waals surface area contributed by atoms with Crippen LogP contribution in [-0.2, 0) is 20.5 Å². The standard InChI is InChI=1S/C40H53N5O5/c1-27-18-31(8-11-35(27)49-5)40-15-12-39(13-16-40,14-17-40)26-44(32-19-29(20-41-22-32)30-21-42-45(23-30)38(2,3)4)36(47)28-6-9-34(10-7-28)50-37(48)43-24-33(46)25-43/h8,11,18-23,28,33-34,46H,6-7,9-10,12-17,24-26H2,1-5H3. The Morgan fingerprint density at radius 3 is 2.26 bits per heavy atom. The Kier molecular flexibility index (Phi) is 9.20. The Morgan fingerprint density at radius 2 is 1.66 bits per heavy atom. The number of carbonyl (C=O) groups excluding carboxylic acids is 2. The highest BCUT2D eigenvalue weighted by atomic mass is 16.6. The molecule has 10 nitrogen and oxygen atoms in total. The van der Waals surface area contributed by atoms with Gasteiger partial charge in [-0.1, -0.05) is 12.1 Å². The van der Waals surface area contributed by atoms with Crippen molar-refractivity contribution < 1.29 is 24.2 Å². The van der Waals surface area contributed by atoms with Crippen molar-refractivity contribution in [3.8, 4) is 16.9 Å². The summed E-state index contributed by atoms with van der Waals surface area (Å²) >= 11 is 0. The van der Waals surface area contributed by atoms with Crippen LogP contribution in [0, 0.1) is 18.3 Å². The molecule has 1 saturated heterocycles. The van der Waals surface area contributed by atoms with Crippen LogP contribution in [-0.4, -0.2) is 75.7 Å². The summed E-state index contributed by atoms with van der Waals surface area (Å²) in [5.74, 6) is 0.936. The Morgan fingerprint density at radius 1 is 0.960 bits per heavy atom. The second kappa shape index (κ2) is 13.3. The van der Waals surface area contributed by atoms with E-state index in [0.29, 0.717) is 45.3 Å². The first-order chi connectivity index (χ1) is 23.9. The fourth-order valence-corrected chi connectivity index (χ4v) is 8.82. The topological polar surface area (TPSA) is 110 Å². The molecule has 50 heavy (non-hydrogen) atoms. The summed E-state index contributed by atoms with van der Waals surface area (Å²) in [6, 6.07) is 8.81. The molecule has 8 rings (SSSR count). The molecule has 5 fully saturated rings. The predicted molar refractivity (Wildman–Crippen MR) is 192 cm³/mol. The molecular formula is C40H53N5O5. The number of β-amino-alcohol motifs (C(OH)–C–C–N with tert-alkyl or cyclic N) is 1. The van der Waals surface area contributed by atoms with Gasteiger partial charge >= 0.3 is 6.09 Å². The van der Waals surface area contributed by atoms with Gasteiger partial charge in [0.1, 0.15) is 11.9 Å². The van der Waals surface area contributed by atoms with Gasteiger partial charge in [0.05, 0.1) is 49.9 Å². The van der Waals surface area contributed by atoms with E-state index < -0.39 is 6.10 Å². The van der Waals surface area contributed by atoms with Crippen LogP contribution in [0.1, 0.15) is 96.1 Å². The number of fused-ring (bicyclic) bond motifs is 3. The highest BCUT2D eigenvalue weighted by Crippen LogP contribution is 2.58. The molecule has 4 aliphatic carbocycles. The smallest absolute Gasteiger partial charge is 0.410 e. The van der Waals surface area contributed by atoms with Crippen LogP contribution in [0.4, 0.5) is 10.5 Å². The lowest BCUT2D eigenvalue weighted by atomic mass is 9.51. The minimum Gasteiger partial charge on any atom is -0.496 e. The first kappa shape index (κ1) is 34.5. The largest absolute Gasteiger partial charge is 0.496 e. The van der Waals surface area contributed by atoms with Gasteiger partial charge in [-0.3, -0.25) is 14.5 Å². The van der Waals surface area contributed by atoms with Gasteiger partial charge in [0.2, 0.25) is 5.91 Å². The minimum atomic E-state index is -0.458. The van der Waals surface area contributed by atoms with Crippen LogP contribution in [0.3, 0.4) is 0 Å². The Bertz CT molecular complexity index is 1690. The number of hydrogen-bond donors (Lipinski definition) is 1. The van der Waals surface area contributed by atoms with Gasteiger partial charge in [-0.05, 0) is 126 Å². The number of nitrogens with zero attached hydrogens (tertiary/aromatic N) is 5. The van der Waals surface area contributed by atoms with Gasteiger partial charge in [0.15, 0.2) is 0 Å². The molecule has 268 valence electrons. The summed E-state index contributed by atoms with van der Waals surface area (Å²) in [5, 5.41) is 14.2. The second-order valence-electron chi connectivity index (χ2n) is 16.6. The van der Waals surface area contributed by atoms with Crippen molar-refractivity contribution in [1.82, 2.24) is 19.7 Å². The number of aryl methyl sites for hydroxylation is 1. The van der Waals surface area contributed by atoms with Crippen LogP contribution in [0.2, 0.25) is 0 Å². The molecule has 0 spiro atoms. The number of methoxy groups -OCH3 is 1. The Hall–Kier alpha value is -3.92. The van der Waals surface area contributed by atoms with E-state index in [9.17, 15) is 14.7 Å². The van der Waals surface area contributed by atoms with Crippen molar-refractivity contribution in [2.24, 2.45) is 11.3 Å². The lowest BCUT2D eigenvalue weighted by Gasteiger charge is -2.55. The zero-order chi connectivity index (χ0) is 35.3. The van der Waals surface area contributed by atoms with Crippen molar-refractivity contribution >= 4 is 17.7 Å². The van der Waals surface area contributed by atoms with E-state index in [1.807, 2.05) is 23.3 Å². The summed E-state index contributed by atoms with van der Waals surface area (Å²) in [4.78, 5) is 35.4. The lowest BCUT2D eigenvalue weighted by molar-refractivity contribution is -0.124. The van der Waals surface area contributed by atoms with Crippen LogP contribution in [0.25, 0.3) is 11.1 Å². The summed E-state index contributed by atoms with van der Waals surface area (Å²) in [6.07, 6.45) is 15.9. The predicted octanol–water partition coefficient (Wildman–Crippen LogP) is 7.01. The van der Waals surface area contributed by atoms with Crippen molar-refractivity contribution in [1.29, 1.82) is 0 Å². The van der Waals surface area contributed by atoms with Gasteiger partial charge in [-0.15, -0.1) is 0 Å². The molecule has 10 heteroatoms. The number of carbonyl (C=O) groups is 2. The molecule has 1 aromatic carbocycles. The molecule has 0 radical (unpaired) electrons. The lowest BCUT2D eigenvalue weighted by Crippen LogP contribution is -2.54. The first-order valence-corrected chi connectivity index (χ1v) is 18.5. The van der Waals surface area contributed by atoms with E-state index in [4.69, 9.17) is 9.47 Å². The van der Waals surface area contributed by atoms with Gasteiger partial charge in [0.25, 0.3) is 0 Å². The summed E-state index contributed by atoms with van der Waals surface area (Å²) < 4.78 is 13.3. The minimum absolute atomic E-state index is 0.0561. The molecule has 0 atom stereocenters. The number of aliphatic hydroxyl groups excluding tert-OH is 1. The molecule has 3 aromatic rings. The maximum absolute atomic E-state index is 14.7. The van der Waals surface area contributed by atoms with Crippen LogP contribution >= 0.6 is 0 Å². The third kappa shape index (κ3) is 6.75. The molecule has 4 saturated carbocycles. The normalized spacial score (nSPS) is 26.7. The SMILES string of the molecule is COc1ccc(C23CCC(CN(C(=O)C4CCC(OC(=O)N5CC(O)C5)CC4)c4cncc(-c5cnn(C(C)(C)C)c5)c4)(CC2)CC3)cc1C.